The molecule has 0 radical (unpaired) electrons. The predicted molar refractivity (Wildman–Crippen MR) is 69.0 cm³/mol. The SMILES string of the molecule is CCCCN(c1nccnc1Cl)C(C)CC. The van der Waals surface area contributed by atoms with E-state index < -0.39 is 0 Å². The van der Waals surface area contributed by atoms with E-state index in [4.69, 9.17) is 11.6 Å². The van der Waals surface area contributed by atoms with Crippen LogP contribution < -0.4 is 4.90 Å². The van der Waals surface area contributed by atoms with E-state index in [0.29, 0.717) is 11.2 Å². The first-order valence-corrected chi connectivity index (χ1v) is 6.31. The van der Waals surface area contributed by atoms with E-state index in [2.05, 4.69) is 35.6 Å². The summed E-state index contributed by atoms with van der Waals surface area (Å²) in [5, 5.41) is 0.499. The molecule has 0 fully saturated rings. The van der Waals surface area contributed by atoms with E-state index in [-0.39, 0.29) is 0 Å². The second-order valence-electron chi connectivity index (χ2n) is 3.97. The van der Waals surface area contributed by atoms with Crippen LogP contribution in [0, 0.1) is 0 Å². The summed E-state index contributed by atoms with van der Waals surface area (Å²) in [5.74, 6) is 0.812. The molecule has 3 nitrogen and oxygen atoms in total. The van der Waals surface area contributed by atoms with Crippen molar-refractivity contribution < 1.29 is 0 Å². The molecule has 90 valence electrons. The fourth-order valence-corrected chi connectivity index (χ4v) is 1.80. The van der Waals surface area contributed by atoms with Gasteiger partial charge < -0.3 is 4.90 Å². The first kappa shape index (κ1) is 13.2. The maximum absolute atomic E-state index is 6.08. The van der Waals surface area contributed by atoms with Crippen LogP contribution in [0.1, 0.15) is 40.0 Å². The van der Waals surface area contributed by atoms with Gasteiger partial charge >= 0.3 is 0 Å². The molecule has 0 saturated carbocycles. The number of halogens is 1. The van der Waals surface area contributed by atoms with Crippen molar-refractivity contribution in [2.24, 2.45) is 0 Å². The Bertz CT molecular complexity index is 317. The normalized spacial score (nSPS) is 12.5. The van der Waals surface area contributed by atoms with Gasteiger partial charge in [-0.25, -0.2) is 9.97 Å². The van der Waals surface area contributed by atoms with Gasteiger partial charge in [0, 0.05) is 25.0 Å². The van der Waals surface area contributed by atoms with Gasteiger partial charge in [0.25, 0.3) is 0 Å². The van der Waals surface area contributed by atoms with E-state index in [1.807, 2.05) is 0 Å². The van der Waals surface area contributed by atoms with Gasteiger partial charge in [0.05, 0.1) is 0 Å². The van der Waals surface area contributed by atoms with Crippen molar-refractivity contribution in [1.29, 1.82) is 0 Å². The van der Waals surface area contributed by atoms with Gasteiger partial charge in [-0.05, 0) is 19.8 Å². The van der Waals surface area contributed by atoms with Crippen LogP contribution in [0.5, 0.6) is 0 Å². The van der Waals surface area contributed by atoms with Crippen LogP contribution in [0.4, 0.5) is 5.82 Å². The summed E-state index contributed by atoms with van der Waals surface area (Å²) in [5.41, 5.74) is 0. The molecule has 1 rings (SSSR count). The second-order valence-corrected chi connectivity index (χ2v) is 4.33. The van der Waals surface area contributed by atoms with Crippen molar-refractivity contribution >= 4 is 17.4 Å². The maximum Gasteiger partial charge on any atom is 0.171 e. The molecule has 1 atom stereocenters. The summed E-state index contributed by atoms with van der Waals surface area (Å²) >= 11 is 6.08. The fourth-order valence-electron chi connectivity index (χ4n) is 1.59. The molecular weight excluding hydrogens is 222 g/mol. The highest BCUT2D eigenvalue weighted by Gasteiger charge is 2.16. The number of nitrogens with zero attached hydrogens (tertiary/aromatic N) is 3. The summed E-state index contributed by atoms with van der Waals surface area (Å²) in [6.07, 6.45) is 6.72. The third-order valence-electron chi connectivity index (χ3n) is 2.78. The number of unbranched alkanes of at least 4 members (excludes halogenated alkanes) is 1. The highest BCUT2D eigenvalue weighted by atomic mass is 35.5. The number of rotatable bonds is 6. The maximum atomic E-state index is 6.08. The van der Waals surface area contributed by atoms with Crippen molar-refractivity contribution in [2.45, 2.75) is 46.1 Å². The quantitative estimate of drug-likeness (QED) is 0.763. The number of hydrogen-bond donors (Lipinski definition) is 0. The zero-order valence-electron chi connectivity index (χ0n) is 10.3. The molecule has 0 bridgehead atoms. The van der Waals surface area contributed by atoms with Crippen molar-refractivity contribution in [1.82, 2.24) is 9.97 Å². The van der Waals surface area contributed by atoms with Gasteiger partial charge in [-0.3, -0.25) is 0 Å². The lowest BCUT2D eigenvalue weighted by Crippen LogP contribution is -2.34. The number of anilines is 1. The number of aromatic nitrogens is 2. The summed E-state index contributed by atoms with van der Waals surface area (Å²) in [7, 11) is 0. The third kappa shape index (κ3) is 3.34. The molecule has 0 saturated heterocycles. The first-order chi connectivity index (χ1) is 7.70. The Morgan fingerprint density at radius 3 is 2.56 bits per heavy atom. The van der Waals surface area contributed by atoms with Gasteiger partial charge in [0.15, 0.2) is 11.0 Å². The third-order valence-corrected chi connectivity index (χ3v) is 3.05. The Labute approximate surface area is 103 Å². The standard InChI is InChI=1S/C12H20ClN3/c1-4-6-9-16(10(3)5-2)12-11(13)14-7-8-15-12/h7-8,10H,4-6,9H2,1-3H3. The topological polar surface area (TPSA) is 29.0 Å². The smallest absolute Gasteiger partial charge is 0.171 e. The lowest BCUT2D eigenvalue weighted by molar-refractivity contribution is 0.589. The molecule has 1 unspecified atom stereocenters. The van der Waals surface area contributed by atoms with E-state index in [1.54, 1.807) is 12.4 Å². The average Bonchev–Trinajstić information content (AvgIpc) is 2.31. The fraction of sp³-hybridized carbons (Fsp3) is 0.667. The average molecular weight is 242 g/mol. The Hall–Kier alpha value is -0.830. The van der Waals surface area contributed by atoms with Crippen LogP contribution in [0.2, 0.25) is 5.15 Å². The summed E-state index contributed by atoms with van der Waals surface area (Å²) in [6.45, 7) is 7.55. The predicted octanol–water partition coefficient (Wildman–Crippen LogP) is 3.54. The van der Waals surface area contributed by atoms with Gasteiger partial charge in [0.1, 0.15) is 0 Å². The van der Waals surface area contributed by atoms with Crippen molar-refractivity contribution in [3.63, 3.8) is 0 Å². The van der Waals surface area contributed by atoms with Crippen LogP contribution >= 0.6 is 11.6 Å². The van der Waals surface area contributed by atoms with Crippen LogP contribution in [-0.4, -0.2) is 22.6 Å². The molecule has 0 aliphatic carbocycles. The molecule has 0 aliphatic heterocycles. The van der Waals surface area contributed by atoms with E-state index >= 15 is 0 Å². The number of hydrogen-bond acceptors (Lipinski definition) is 3. The lowest BCUT2D eigenvalue weighted by atomic mass is 10.2. The molecule has 0 spiro atoms. The molecule has 0 aromatic carbocycles. The Morgan fingerprint density at radius 2 is 2.00 bits per heavy atom. The molecule has 0 N–H and O–H groups in total. The molecule has 1 aromatic rings. The van der Waals surface area contributed by atoms with Crippen LogP contribution in [-0.2, 0) is 0 Å². The van der Waals surface area contributed by atoms with Gasteiger partial charge in [-0.1, -0.05) is 31.9 Å². The van der Waals surface area contributed by atoms with Gasteiger partial charge in [0.2, 0.25) is 0 Å². The summed E-state index contributed by atoms with van der Waals surface area (Å²) < 4.78 is 0. The Balaban J connectivity index is 2.87. The summed E-state index contributed by atoms with van der Waals surface area (Å²) in [6, 6.07) is 0.445. The van der Waals surface area contributed by atoms with Crippen LogP contribution in [0.25, 0.3) is 0 Å². The van der Waals surface area contributed by atoms with Gasteiger partial charge in [-0.15, -0.1) is 0 Å². The Kier molecular flexibility index (Phi) is 5.53. The highest BCUT2D eigenvalue weighted by molar-refractivity contribution is 6.31. The first-order valence-electron chi connectivity index (χ1n) is 5.93. The van der Waals surface area contributed by atoms with E-state index in [0.717, 1.165) is 25.2 Å². The second kappa shape index (κ2) is 6.69. The largest absolute Gasteiger partial charge is 0.351 e. The van der Waals surface area contributed by atoms with Crippen LogP contribution in [0.15, 0.2) is 12.4 Å². The minimum Gasteiger partial charge on any atom is -0.351 e. The molecule has 1 aromatic heterocycles. The molecule has 16 heavy (non-hydrogen) atoms. The van der Waals surface area contributed by atoms with Gasteiger partial charge in [-0.2, -0.15) is 0 Å². The van der Waals surface area contributed by atoms with Crippen molar-refractivity contribution in [2.75, 3.05) is 11.4 Å². The minimum atomic E-state index is 0.445. The van der Waals surface area contributed by atoms with Crippen molar-refractivity contribution in [3.8, 4) is 0 Å². The van der Waals surface area contributed by atoms with Crippen molar-refractivity contribution in [3.05, 3.63) is 17.5 Å². The highest BCUT2D eigenvalue weighted by Crippen LogP contribution is 2.23. The lowest BCUT2D eigenvalue weighted by Gasteiger charge is -2.29. The van der Waals surface area contributed by atoms with E-state index in [1.165, 1.54) is 6.42 Å². The monoisotopic (exact) mass is 241 g/mol. The molecular formula is C12H20ClN3. The van der Waals surface area contributed by atoms with E-state index in [9.17, 15) is 0 Å². The zero-order valence-corrected chi connectivity index (χ0v) is 11.0. The Morgan fingerprint density at radius 1 is 1.31 bits per heavy atom. The molecule has 0 aliphatic rings. The minimum absolute atomic E-state index is 0.445. The molecule has 0 amide bonds. The zero-order chi connectivity index (χ0) is 12.0. The molecule has 4 heteroatoms. The summed E-state index contributed by atoms with van der Waals surface area (Å²) in [4.78, 5) is 10.7. The van der Waals surface area contributed by atoms with Crippen LogP contribution in [0.3, 0.4) is 0 Å². The molecule has 1 heterocycles.